The molecule has 0 aromatic heterocycles. The monoisotopic (exact) mass is 392 g/mol. The lowest BCUT2D eigenvalue weighted by atomic mass is 10.1. The zero-order chi connectivity index (χ0) is 20.4. The highest BCUT2D eigenvalue weighted by Gasteiger charge is 2.34. The maximum absolute atomic E-state index is 12.4. The molecule has 1 saturated carbocycles. The minimum atomic E-state index is -0.451. The summed E-state index contributed by atoms with van der Waals surface area (Å²) >= 11 is 0. The van der Waals surface area contributed by atoms with Crippen molar-refractivity contribution in [3.8, 4) is 0 Å². The molecule has 1 aliphatic heterocycles. The van der Waals surface area contributed by atoms with Crippen molar-refractivity contribution in [1.29, 1.82) is 0 Å². The molecular weight excluding hydrogens is 372 g/mol. The number of rotatable bonds is 7. The number of ether oxygens (including phenoxy) is 1. The van der Waals surface area contributed by atoms with Crippen LogP contribution in [-0.2, 0) is 16.1 Å². The number of carbonyl (C=O) groups excluding carboxylic acids is 4. The van der Waals surface area contributed by atoms with Gasteiger partial charge in [0.1, 0.15) is 6.54 Å². The van der Waals surface area contributed by atoms with E-state index in [0.717, 1.165) is 18.4 Å². The van der Waals surface area contributed by atoms with Gasteiger partial charge in [-0.2, -0.15) is 0 Å². The molecule has 7 nitrogen and oxygen atoms in total. The summed E-state index contributed by atoms with van der Waals surface area (Å²) < 4.78 is 5.07. The van der Waals surface area contributed by atoms with Crippen LogP contribution in [0.4, 0.5) is 0 Å². The van der Waals surface area contributed by atoms with Gasteiger partial charge in [0, 0.05) is 5.56 Å². The van der Waals surface area contributed by atoms with Crippen LogP contribution in [0.1, 0.15) is 49.5 Å². The highest BCUT2D eigenvalue weighted by Crippen LogP contribution is 2.28. The first-order valence-electron chi connectivity index (χ1n) is 9.51. The number of hydrogen-bond donors (Lipinski definition) is 1. The lowest BCUT2D eigenvalue weighted by Crippen LogP contribution is -2.31. The third-order valence-electron chi connectivity index (χ3n) is 5.01. The lowest BCUT2D eigenvalue weighted by Gasteiger charge is -2.14. The first-order valence-corrected chi connectivity index (χ1v) is 9.51. The van der Waals surface area contributed by atoms with Gasteiger partial charge in [0.05, 0.1) is 24.3 Å². The number of fused-ring (bicyclic) bond motifs is 1. The van der Waals surface area contributed by atoms with E-state index in [0.29, 0.717) is 29.2 Å². The minimum absolute atomic E-state index is 0.127. The average molecular weight is 392 g/mol. The van der Waals surface area contributed by atoms with E-state index in [-0.39, 0.29) is 30.8 Å². The molecule has 7 heteroatoms. The Morgan fingerprint density at radius 1 is 0.966 bits per heavy atom. The molecule has 1 fully saturated rings. The van der Waals surface area contributed by atoms with E-state index in [1.165, 1.54) is 4.90 Å². The highest BCUT2D eigenvalue weighted by atomic mass is 16.5. The van der Waals surface area contributed by atoms with E-state index in [4.69, 9.17) is 4.74 Å². The second-order valence-electron chi connectivity index (χ2n) is 7.25. The Morgan fingerprint density at radius 2 is 1.59 bits per heavy atom. The van der Waals surface area contributed by atoms with Crippen LogP contribution >= 0.6 is 0 Å². The first kappa shape index (κ1) is 18.9. The fraction of sp³-hybridized carbons (Fsp3) is 0.273. The number of hydrogen-bond acceptors (Lipinski definition) is 5. The summed E-state index contributed by atoms with van der Waals surface area (Å²) in [4.78, 5) is 49.8. The zero-order valence-electron chi connectivity index (χ0n) is 15.7. The van der Waals surface area contributed by atoms with E-state index >= 15 is 0 Å². The summed E-state index contributed by atoms with van der Waals surface area (Å²) in [6, 6.07) is 13.3. The average Bonchev–Trinajstić information content (AvgIpc) is 3.55. The molecule has 2 aromatic carbocycles. The van der Waals surface area contributed by atoms with Gasteiger partial charge in [0.25, 0.3) is 17.7 Å². The molecule has 4 rings (SSSR count). The quantitative estimate of drug-likeness (QED) is 0.576. The Balaban J connectivity index is 1.32. The van der Waals surface area contributed by atoms with Gasteiger partial charge in [-0.15, -0.1) is 0 Å². The topological polar surface area (TPSA) is 92.8 Å². The number of nitrogens with one attached hydrogen (secondary N) is 1. The van der Waals surface area contributed by atoms with Gasteiger partial charge < -0.3 is 10.1 Å². The van der Waals surface area contributed by atoms with Crippen molar-refractivity contribution in [2.75, 3.05) is 13.2 Å². The number of benzene rings is 2. The van der Waals surface area contributed by atoms with E-state index in [1.54, 1.807) is 48.5 Å². The molecule has 0 atom stereocenters. The van der Waals surface area contributed by atoms with E-state index in [2.05, 4.69) is 5.32 Å². The van der Waals surface area contributed by atoms with E-state index in [9.17, 15) is 19.2 Å². The van der Waals surface area contributed by atoms with Crippen molar-refractivity contribution in [3.05, 3.63) is 70.8 Å². The predicted molar refractivity (Wildman–Crippen MR) is 103 cm³/mol. The van der Waals surface area contributed by atoms with Crippen molar-refractivity contribution in [3.63, 3.8) is 0 Å². The summed E-state index contributed by atoms with van der Waals surface area (Å²) in [5.41, 5.74) is 1.91. The molecule has 1 heterocycles. The van der Waals surface area contributed by atoms with Crippen LogP contribution in [0.5, 0.6) is 0 Å². The molecule has 2 aliphatic rings. The Kier molecular flexibility index (Phi) is 5.12. The van der Waals surface area contributed by atoms with E-state index in [1.807, 2.05) is 0 Å². The molecule has 0 saturated heterocycles. The number of amides is 3. The summed E-state index contributed by atoms with van der Waals surface area (Å²) in [6.07, 6.45) is 2.18. The molecule has 3 amide bonds. The largest absolute Gasteiger partial charge is 0.464 e. The van der Waals surface area contributed by atoms with Crippen LogP contribution in [0.3, 0.4) is 0 Å². The Labute approximate surface area is 167 Å². The molecular formula is C22H20N2O5. The van der Waals surface area contributed by atoms with Gasteiger partial charge in [0.2, 0.25) is 0 Å². The highest BCUT2D eigenvalue weighted by molar-refractivity contribution is 6.21. The lowest BCUT2D eigenvalue weighted by molar-refractivity contribution is -0.142. The van der Waals surface area contributed by atoms with Crippen LogP contribution in [-0.4, -0.2) is 41.7 Å². The third kappa shape index (κ3) is 4.18. The second kappa shape index (κ2) is 7.87. The fourth-order valence-corrected chi connectivity index (χ4v) is 3.13. The molecule has 148 valence electrons. The van der Waals surface area contributed by atoms with Gasteiger partial charge in [-0.3, -0.25) is 24.1 Å². The van der Waals surface area contributed by atoms with Crippen LogP contribution in [0.25, 0.3) is 0 Å². The Hall–Kier alpha value is -3.48. The summed E-state index contributed by atoms with van der Waals surface area (Å²) in [5.74, 6) is -1.01. The van der Waals surface area contributed by atoms with Gasteiger partial charge in [-0.05, 0) is 48.6 Å². The Morgan fingerprint density at radius 3 is 2.17 bits per heavy atom. The van der Waals surface area contributed by atoms with Gasteiger partial charge in [-0.25, -0.2) is 0 Å². The predicted octanol–water partition coefficient (Wildman–Crippen LogP) is 2.17. The van der Waals surface area contributed by atoms with Gasteiger partial charge in [0.15, 0.2) is 0 Å². The van der Waals surface area contributed by atoms with Crippen molar-refractivity contribution >= 4 is 23.7 Å². The second-order valence-corrected chi connectivity index (χ2v) is 7.25. The number of carbonyl (C=O) groups is 4. The van der Waals surface area contributed by atoms with Crippen LogP contribution < -0.4 is 5.32 Å². The maximum atomic E-state index is 12.4. The fourth-order valence-electron chi connectivity index (χ4n) is 3.13. The molecule has 0 radical (unpaired) electrons. The van der Waals surface area contributed by atoms with Crippen LogP contribution in [0, 0.1) is 5.92 Å². The molecule has 2 aromatic rings. The number of imide groups is 1. The van der Waals surface area contributed by atoms with Crippen molar-refractivity contribution in [1.82, 2.24) is 10.2 Å². The van der Waals surface area contributed by atoms with Crippen molar-refractivity contribution in [2.45, 2.75) is 19.4 Å². The molecule has 1 N–H and O–H groups in total. The molecule has 0 unspecified atom stereocenters. The smallest absolute Gasteiger partial charge is 0.325 e. The Bertz CT molecular complexity index is 944. The van der Waals surface area contributed by atoms with Crippen molar-refractivity contribution in [2.24, 2.45) is 5.92 Å². The number of esters is 1. The molecule has 1 aliphatic carbocycles. The maximum Gasteiger partial charge on any atom is 0.325 e. The normalized spacial score (nSPS) is 15.2. The summed E-state index contributed by atoms with van der Waals surface area (Å²) in [6.45, 7) is 0.366. The molecule has 0 bridgehead atoms. The third-order valence-corrected chi connectivity index (χ3v) is 5.01. The van der Waals surface area contributed by atoms with Crippen LogP contribution in [0.15, 0.2) is 48.5 Å². The first-order chi connectivity index (χ1) is 14.0. The van der Waals surface area contributed by atoms with E-state index < -0.39 is 5.97 Å². The van der Waals surface area contributed by atoms with Gasteiger partial charge >= 0.3 is 5.97 Å². The zero-order valence-corrected chi connectivity index (χ0v) is 15.7. The number of nitrogens with zero attached hydrogens (tertiary/aromatic N) is 1. The minimum Gasteiger partial charge on any atom is -0.464 e. The molecule has 0 spiro atoms. The molecule has 29 heavy (non-hydrogen) atoms. The standard InChI is InChI=1S/C22H20N2O5/c25-19(29-13-15-5-6-15)11-23-20(26)16-9-7-14(8-10-16)12-24-21(27)17-3-1-2-4-18(17)22(24)28/h1-4,7-10,15H,5-6,11-13H2,(H,23,26). The summed E-state index contributed by atoms with van der Waals surface area (Å²) in [7, 11) is 0. The summed E-state index contributed by atoms with van der Waals surface area (Å²) in [5, 5.41) is 2.53. The van der Waals surface area contributed by atoms with Crippen LogP contribution in [0.2, 0.25) is 0 Å². The van der Waals surface area contributed by atoms with Gasteiger partial charge in [-0.1, -0.05) is 24.3 Å². The SMILES string of the molecule is O=C(CNC(=O)c1ccc(CN2C(=O)c3ccccc3C2=O)cc1)OCC1CC1. The van der Waals surface area contributed by atoms with Crippen molar-refractivity contribution < 1.29 is 23.9 Å².